The summed E-state index contributed by atoms with van der Waals surface area (Å²) in [5, 5.41) is 1.23. The van der Waals surface area contributed by atoms with Crippen LogP contribution in [0.15, 0.2) is 24.5 Å². The molecule has 0 aromatic carbocycles. The summed E-state index contributed by atoms with van der Waals surface area (Å²) >= 11 is 0.738. The van der Waals surface area contributed by atoms with Crippen LogP contribution in [0.5, 0.6) is 0 Å². The van der Waals surface area contributed by atoms with Gasteiger partial charge in [0.05, 0.1) is 0 Å². The first-order chi connectivity index (χ1) is 5.40. The van der Waals surface area contributed by atoms with Crippen molar-refractivity contribution in [3.8, 4) is 0 Å². The summed E-state index contributed by atoms with van der Waals surface area (Å²) in [6.07, 6.45) is 3.90. The maximum atomic E-state index is 4.29. The van der Waals surface area contributed by atoms with Crippen LogP contribution in [-0.2, 0) is -0.511 Å². The Morgan fingerprint density at radius 2 is 2.45 bits per heavy atom. The Morgan fingerprint density at radius 3 is 3.27 bits per heavy atom. The van der Waals surface area contributed by atoms with E-state index < -0.39 is 0 Å². The maximum absolute atomic E-state index is 4.29. The van der Waals surface area contributed by atoms with E-state index in [1.54, 1.807) is 0 Å². The molecule has 3 heteroatoms. The topological polar surface area (TPSA) is 28.7 Å². The molecule has 0 saturated heterocycles. The van der Waals surface area contributed by atoms with Crippen molar-refractivity contribution in [1.82, 2.24) is 9.97 Å². The zero-order chi connectivity index (χ0) is 7.68. The Hall–Kier alpha value is 0.495. The molecule has 0 radical (unpaired) electrons. The van der Waals surface area contributed by atoms with Gasteiger partial charge in [0.1, 0.15) is 0 Å². The molecule has 0 fully saturated rings. The van der Waals surface area contributed by atoms with E-state index in [9.17, 15) is 0 Å². The third-order valence-corrected chi connectivity index (χ3v) is 3.87. The van der Waals surface area contributed by atoms with Crippen molar-refractivity contribution in [1.29, 1.82) is 0 Å². The number of aromatic nitrogens is 2. The first-order valence-electron chi connectivity index (χ1n) is 3.82. The quantitative estimate of drug-likeness (QED) is 0.763. The molecule has 0 atom stereocenters. The van der Waals surface area contributed by atoms with Gasteiger partial charge >= 0.3 is 106 Å². The zero-order valence-electron chi connectivity index (χ0n) is 6.46. The van der Waals surface area contributed by atoms with Gasteiger partial charge < -0.3 is 0 Å². The summed E-state index contributed by atoms with van der Waals surface area (Å²) in [6.45, 7) is 0. The van der Waals surface area contributed by atoms with Gasteiger partial charge in [-0.25, -0.2) is 0 Å². The van der Waals surface area contributed by atoms with E-state index in [4.69, 9.17) is 0 Å². The number of hydrogen-bond acceptors (Lipinski definition) is 1. The van der Waals surface area contributed by atoms with Crippen LogP contribution in [0.25, 0.3) is 11.0 Å². The van der Waals surface area contributed by atoms with E-state index in [-0.39, 0.29) is 0 Å². The normalized spacial score (nSPS) is 10.7. The second-order valence-electron chi connectivity index (χ2n) is 2.61. The number of nitrogens with zero attached hydrogens (tertiary/aromatic N) is 1. The number of nitrogens with one attached hydrogen (secondary N) is 1. The molecule has 2 rings (SSSR count). The Kier molecular flexibility index (Phi) is 2.56. The van der Waals surface area contributed by atoms with Gasteiger partial charge in [-0.15, -0.1) is 0 Å². The Balaban J connectivity index is 2.67. The van der Waals surface area contributed by atoms with E-state index in [0.29, 0.717) is 0 Å². The Labute approximate surface area is 104 Å². The third kappa shape index (κ3) is 1.64. The molecule has 0 aliphatic carbocycles. The average Bonchev–Trinajstić information content (AvgIpc) is 2.50. The molecule has 2 heterocycles. The molecular weight excluding hydrogens is 210 g/mol. The number of H-pyrrole nitrogens is 1. The number of aromatic amines is 1. The van der Waals surface area contributed by atoms with Gasteiger partial charge in [0, 0.05) is 0 Å². The molecule has 2 nitrogen and oxygen atoms in total. The second kappa shape index (κ2) is 3.48. The molecule has 1 N–H and O–H groups in total. The van der Waals surface area contributed by atoms with Crippen LogP contribution in [0.4, 0.5) is 0 Å². The van der Waals surface area contributed by atoms with Gasteiger partial charge in [-0.05, 0) is 0 Å². The molecule has 2 aromatic heterocycles. The van der Waals surface area contributed by atoms with E-state index in [1.807, 2.05) is 12.4 Å². The third-order valence-electron chi connectivity index (χ3n) is 1.86. The van der Waals surface area contributed by atoms with Crippen LogP contribution in [0.3, 0.4) is 0 Å². The van der Waals surface area contributed by atoms with E-state index >= 15 is 0 Å². The predicted molar refractivity (Wildman–Crippen MR) is 45.6 cm³/mol. The van der Waals surface area contributed by atoms with Crippen molar-refractivity contribution in [2.45, 2.75) is -0.511 Å². The van der Waals surface area contributed by atoms with E-state index in [0.717, 1.165) is 61.2 Å². The van der Waals surface area contributed by atoms with Gasteiger partial charge in [0.15, 0.2) is 0 Å². The average molecular weight is 217 g/mol. The van der Waals surface area contributed by atoms with Crippen molar-refractivity contribution in [3.63, 3.8) is 0 Å². The number of pyridine rings is 1. The van der Waals surface area contributed by atoms with Gasteiger partial charge in [-0.1, -0.05) is 0 Å². The van der Waals surface area contributed by atoms with Crippen molar-refractivity contribution < 1.29 is 0 Å². The summed E-state index contributed by atoms with van der Waals surface area (Å²) in [5.41, 5.74) is 2.38. The Morgan fingerprint density at radius 1 is 1.55 bits per heavy atom. The van der Waals surface area contributed by atoms with Gasteiger partial charge in [0.2, 0.25) is 0 Å². The van der Waals surface area contributed by atoms with Crippen LogP contribution in [0.2, 0.25) is 0 Å². The molecule has 0 unspecified atom stereocenters. The molecule has 0 saturated carbocycles. The van der Waals surface area contributed by atoms with Crippen molar-refractivity contribution in [2.75, 3.05) is 0 Å². The summed E-state index contributed by atoms with van der Waals surface area (Å²) in [7, 11) is 0. The molecule has 11 heavy (non-hydrogen) atoms. The van der Waals surface area contributed by atoms with E-state index in [2.05, 4.69) is 22.1 Å². The van der Waals surface area contributed by atoms with Crippen molar-refractivity contribution in [3.05, 3.63) is 30.1 Å². The SMILES string of the molecule is [Rb][CH2]c1cnc2[nH]ccc2c1. The monoisotopic (exact) mass is 216 g/mol. The first kappa shape index (κ1) is 8.11. The van der Waals surface area contributed by atoms with Crippen LogP contribution in [0.1, 0.15) is 5.56 Å². The first-order valence-corrected chi connectivity index (χ1v) is 7.30. The van der Waals surface area contributed by atoms with Crippen LogP contribution in [-0.4, -0.2) is 65.5 Å². The van der Waals surface area contributed by atoms with Crippen LogP contribution >= 0.6 is 0 Å². The van der Waals surface area contributed by atoms with E-state index in [1.165, 1.54) is 10.4 Å². The summed E-state index contributed by atoms with van der Waals surface area (Å²) in [4.78, 5) is 7.37. The number of rotatable bonds is 1. The molecule has 0 spiro atoms. The second-order valence-corrected chi connectivity index (χ2v) is 4.35. The van der Waals surface area contributed by atoms with Crippen LogP contribution < -0.4 is 0 Å². The minimum atomic E-state index is 0.738. The molecule has 50 valence electrons. The Bertz CT molecular complexity index is 367. The van der Waals surface area contributed by atoms with Gasteiger partial charge in [-0.3, -0.25) is 0 Å². The van der Waals surface area contributed by atoms with Gasteiger partial charge in [-0.2, -0.15) is 0 Å². The molecule has 0 bridgehead atoms. The molecule has 0 aliphatic rings. The van der Waals surface area contributed by atoms with Gasteiger partial charge in [0.25, 0.3) is 0 Å². The number of fused-ring (bicyclic) bond motifs is 1. The fourth-order valence-corrected chi connectivity index (χ4v) is 2.13. The standard InChI is InChI=1S/C8H7N2.Rb/c1-6-4-7-2-3-9-8(7)10-5-6;/h2-5H,1H2,(H,9,10);. The summed E-state index contributed by atoms with van der Waals surface area (Å²) in [5.74, 6) is 0. The number of hydrogen-bond donors (Lipinski definition) is 1. The summed E-state index contributed by atoms with van der Waals surface area (Å²) < 4.78 is 1.26. The fraction of sp³-hybridized carbons (Fsp3) is 0.125. The minimum absolute atomic E-state index is 0.738. The zero-order valence-corrected chi connectivity index (χ0v) is 11.4. The fourth-order valence-electron chi connectivity index (χ4n) is 1.18. The molecule has 2 aromatic rings. The summed E-state index contributed by atoms with van der Waals surface area (Å²) in [6, 6.07) is 4.28. The predicted octanol–water partition coefficient (Wildman–Crippen LogP) is 1.23. The molecular formula is C8H7N2Rb. The van der Waals surface area contributed by atoms with Crippen LogP contribution in [0, 0.1) is 0 Å². The van der Waals surface area contributed by atoms with Crippen molar-refractivity contribution in [2.24, 2.45) is 0 Å². The van der Waals surface area contributed by atoms with Crippen molar-refractivity contribution >= 4 is 66.6 Å². The molecule has 0 amide bonds. The molecule has 0 aliphatic heterocycles.